The Bertz CT molecular complexity index is 388. The molecule has 3 heteroatoms. The Balaban J connectivity index is 2.15. The van der Waals surface area contributed by atoms with E-state index in [2.05, 4.69) is 46.4 Å². The van der Waals surface area contributed by atoms with Gasteiger partial charge in [-0.3, -0.25) is 0 Å². The molecule has 1 unspecified atom stereocenters. The summed E-state index contributed by atoms with van der Waals surface area (Å²) in [6.45, 7) is 2.16. The van der Waals surface area contributed by atoms with Gasteiger partial charge in [0.2, 0.25) is 0 Å². The summed E-state index contributed by atoms with van der Waals surface area (Å²) < 4.78 is 7.30. The van der Waals surface area contributed by atoms with Crippen LogP contribution in [0.5, 0.6) is 5.75 Å². The molecule has 1 fully saturated rings. The summed E-state index contributed by atoms with van der Waals surface area (Å²) in [7, 11) is 1.98. The minimum atomic E-state index is 0.316. The molecule has 0 amide bonds. The quantitative estimate of drug-likeness (QED) is 0.887. The van der Waals surface area contributed by atoms with Crippen LogP contribution in [0, 0.1) is 0 Å². The molecule has 0 aromatic heterocycles. The predicted octanol–water partition coefficient (Wildman–Crippen LogP) is 4.44. The summed E-state index contributed by atoms with van der Waals surface area (Å²) >= 11 is 3.53. The third-order valence-corrected chi connectivity index (χ3v) is 4.21. The molecule has 1 aromatic carbocycles. The fraction of sp³-hybridized carbons (Fsp3) is 0.600. The van der Waals surface area contributed by atoms with Gasteiger partial charge in [0.15, 0.2) is 0 Å². The van der Waals surface area contributed by atoms with E-state index < -0.39 is 0 Å². The van der Waals surface area contributed by atoms with Crippen LogP contribution in [0.1, 0.15) is 50.6 Å². The Morgan fingerprint density at radius 1 is 1.28 bits per heavy atom. The molecule has 0 aliphatic heterocycles. The van der Waals surface area contributed by atoms with Gasteiger partial charge in [0.25, 0.3) is 0 Å². The van der Waals surface area contributed by atoms with Crippen LogP contribution in [0.3, 0.4) is 0 Å². The SMILES string of the molecule is CNC(C)c1ccc(Br)cc1OC1CCCCC1. The molecule has 0 bridgehead atoms. The molecule has 0 saturated heterocycles. The van der Waals surface area contributed by atoms with Crippen LogP contribution in [-0.4, -0.2) is 13.2 Å². The molecular weight excluding hydrogens is 290 g/mol. The van der Waals surface area contributed by atoms with Crippen LogP contribution >= 0.6 is 15.9 Å². The monoisotopic (exact) mass is 311 g/mol. The Hall–Kier alpha value is -0.540. The molecule has 1 aliphatic rings. The zero-order chi connectivity index (χ0) is 13.0. The molecule has 1 atom stereocenters. The lowest BCUT2D eigenvalue weighted by atomic mass is 9.97. The molecule has 1 aliphatic carbocycles. The van der Waals surface area contributed by atoms with Crippen LogP contribution in [-0.2, 0) is 0 Å². The minimum Gasteiger partial charge on any atom is -0.490 e. The summed E-state index contributed by atoms with van der Waals surface area (Å²) in [6, 6.07) is 6.63. The van der Waals surface area contributed by atoms with Gasteiger partial charge in [-0.25, -0.2) is 0 Å². The van der Waals surface area contributed by atoms with Gasteiger partial charge in [0, 0.05) is 16.1 Å². The van der Waals surface area contributed by atoms with E-state index in [0.717, 1.165) is 10.2 Å². The first-order valence-corrected chi connectivity index (χ1v) is 7.63. The molecule has 0 radical (unpaired) electrons. The van der Waals surface area contributed by atoms with Crippen LogP contribution in [0.25, 0.3) is 0 Å². The van der Waals surface area contributed by atoms with Crippen molar-refractivity contribution in [2.45, 2.75) is 51.2 Å². The zero-order valence-electron chi connectivity index (χ0n) is 11.2. The standard InChI is InChI=1S/C15H22BrNO/c1-11(17-2)14-9-8-12(16)10-15(14)18-13-6-4-3-5-7-13/h8-11,13,17H,3-7H2,1-2H3. The lowest BCUT2D eigenvalue weighted by Crippen LogP contribution is -2.21. The average molecular weight is 312 g/mol. The first kappa shape index (κ1) is 13.9. The van der Waals surface area contributed by atoms with Gasteiger partial charge < -0.3 is 10.1 Å². The van der Waals surface area contributed by atoms with Crippen LogP contribution in [0.2, 0.25) is 0 Å². The van der Waals surface area contributed by atoms with E-state index in [1.165, 1.54) is 37.7 Å². The van der Waals surface area contributed by atoms with Gasteiger partial charge in [-0.15, -0.1) is 0 Å². The number of hydrogen-bond donors (Lipinski definition) is 1. The third kappa shape index (κ3) is 3.48. The van der Waals surface area contributed by atoms with Gasteiger partial charge in [-0.2, -0.15) is 0 Å². The second-order valence-corrected chi connectivity index (χ2v) is 5.99. The molecule has 1 saturated carbocycles. The molecule has 0 heterocycles. The van der Waals surface area contributed by atoms with Gasteiger partial charge in [-0.1, -0.05) is 28.4 Å². The third-order valence-electron chi connectivity index (χ3n) is 3.72. The van der Waals surface area contributed by atoms with Crippen molar-refractivity contribution >= 4 is 15.9 Å². The van der Waals surface area contributed by atoms with Crippen molar-refractivity contribution in [1.29, 1.82) is 0 Å². The number of rotatable bonds is 4. The predicted molar refractivity (Wildman–Crippen MR) is 79.1 cm³/mol. The molecule has 100 valence electrons. The Kier molecular flexibility index (Phi) is 5.07. The molecule has 2 nitrogen and oxygen atoms in total. The number of halogens is 1. The zero-order valence-corrected chi connectivity index (χ0v) is 12.8. The highest BCUT2D eigenvalue weighted by atomic mass is 79.9. The van der Waals surface area contributed by atoms with E-state index in [9.17, 15) is 0 Å². The molecule has 1 aromatic rings. The van der Waals surface area contributed by atoms with Crippen molar-refractivity contribution in [2.75, 3.05) is 7.05 Å². The lowest BCUT2D eigenvalue weighted by molar-refractivity contribution is 0.152. The van der Waals surface area contributed by atoms with Crippen LogP contribution in [0.15, 0.2) is 22.7 Å². The van der Waals surface area contributed by atoms with Crippen LogP contribution < -0.4 is 10.1 Å². The maximum Gasteiger partial charge on any atom is 0.125 e. The van der Waals surface area contributed by atoms with E-state index in [1.54, 1.807) is 0 Å². The maximum absolute atomic E-state index is 6.22. The smallest absolute Gasteiger partial charge is 0.125 e. The van der Waals surface area contributed by atoms with Crippen molar-refractivity contribution < 1.29 is 4.74 Å². The molecule has 0 spiro atoms. The largest absolute Gasteiger partial charge is 0.490 e. The van der Waals surface area contributed by atoms with Crippen molar-refractivity contribution in [1.82, 2.24) is 5.32 Å². The van der Waals surface area contributed by atoms with Gasteiger partial charge in [-0.05, 0) is 51.8 Å². The number of nitrogens with one attached hydrogen (secondary N) is 1. The fourth-order valence-corrected chi connectivity index (χ4v) is 2.83. The minimum absolute atomic E-state index is 0.316. The highest BCUT2D eigenvalue weighted by Crippen LogP contribution is 2.31. The summed E-state index contributed by atoms with van der Waals surface area (Å²) in [4.78, 5) is 0. The second kappa shape index (κ2) is 6.58. The van der Waals surface area contributed by atoms with Crippen LogP contribution in [0.4, 0.5) is 0 Å². The summed E-state index contributed by atoms with van der Waals surface area (Å²) in [5, 5.41) is 3.28. The summed E-state index contributed by atoms with van der Waals surface area (Å²) in [5.74, 6) is 1.03. The molecule has 2 rings (SSSR count). The van der Waals surface area contributed by atoms with E-state index >= 15 is 0 Å². The molecule has 1 N–H and O–H groups in total. The van der Waals surface area contributed by atoms with Crippen molar-refractivity contribution in [3.05, 3.63) is 28.2 Å². The van der Waals surface area contributed by atoms with E-state index in [4.69, 9.17) is 4.74 Å². The average Bonchev–Trinajstić information content (AvgIpc) is 2.39. The second-order valence-electron chi connectivity index (χ2n) is 5.07. The maximum atomic E-state index is 6.22. The van der Waals surface area contributed by atoms with E-state index in [-0.39, 0.29) is 0 Å². The van der Waals surface area contributed by atoms with Crippen molar-refractivity contribution in [2.24, 2.45) is 0 Å². The summed E-state index contributed by atoms with van der Waals surface area (Å²) in [5.41, 5.74) is 1.24. The van der Waals surface area contributed by atoms with Gasteiger partial charge in [0.1, 0.15) is 5.75 Å². The molecule has 18 heavy (non-hydrogen) atoms. The topological polar surface area (TPSA) is 21.3 Å². The van der Waals surface area contributed by atoms with Gasteiger partial charge in [0.05, 0.1) is 6.10 Å². The number of ether oxygens (including phenoxy) is 1. The number of benzene rings is 1. The van der Waals surface area contributed by atoms with Crippen molar-refractivity contribution in [3.63, 3.8) is 0 Å². The normalized spacial score (nSPS) is 18.6. The van der Waals surface area contributed by atoms with E-state index in [0.29, 0.717) is 12.1 Å². The Labute approximate surface area is 118 Å². The van der Waals surface area contributed by atoms with Crippen molar-refractivity contribution in [3.8, 4) is 5.75 Å². The number of hydrogen-bond acceptors (Lipinski definition) is 2. The van der Waals surface area contributed by atoms with Gasteiger partial charge >= 0.3 is 0 Å². The Morgan fingerprint density at radius 2 is 2.00 bits per heavy atom. The summed E-state index contributed by atoms with van der Waals surface area (Å²) in [6.07, 6.45) is 6.75. The fourth-order valence-electron chi connectivity index (χ4n) is 2.49. The first-order chi connectivity index (χ1) is 8.70. The highest BCUT2D eigenvalue weighted by molar-refractivity contribution is 9.10. The first-order valence-electron chi connectivity index (χ1n) is 6.84. The lowest BCUT2D eigenvalue weighted by Gasteiger charge is -2.25. The Morgan fingerprint density at radius 3 is 2.67 bits per heavy atom. The molecular formula is C15H22BrNO. The van der Waals surface area contributed by atoms with E-state index in [1.807, 2.05) is 7.05 Å². The highest BCUT2D eigenvalue weighted by Gasteiger charge is 2.18.